The molecule has 1 amide bonds. The molecule has 27 heavy (non-hydrogen) atoms. The first-order valence-corrected chi connectivity index (χ1v) is 9.42. The van der Waals surface area contributed by atoms with Crippen LogP contribution in [-0.4, -0.2) is 20.9 Å². The number of anilines is 1. The molecule has 2 aromatic heterocycles. The van der Waals surface area contributed by atoms with Crippen molar-refractivity contribution in [3.63, 3.8) is 0 Å². The summed E-state index contributed by atoms with van der Waals surface area (Å²) in [4.78, 5) is 12.2. The summed E-state index contributed by atoms with van der Waals surface area (Å²) in [5.74, 6) is -0.0677. The third-order valence-electron chi connectivity index (χ3n) is 4.25. The third-order valence-corrected chi connectivity index (χ3v) is 4.67. The molecule has 0 saturated heterocycles. The van der Waals surface area contributed by atoms with Crippen LogP contribution in [0.25, 0.3) is 11.0 Å². The molecule has 4 rings (SSSR count). The molecule has 0 unspecified atom stereocenters. The molecule has 0 atom stereocenters. The summed E-state index contributed by atoms with van der Waals surface area (Å²) in [5, 5.41) is 11.3. The molecule has 0 radical (unpaired) electrons. The molecule has 0 spiro atoms. The first-order chi connectivity index (χ1) is 13.2. The highest BCUT2D eigenvalue weighted by molar-refractivity contribution is 9.10. The lowest BCUT2D eigenvalue weighted by Gasteiger charge is -2.05. The standard InChI is InChI=1S/C20H17BrN4O2/c21-19-11-10-18(27-19)20(26)22-15-8-9-17-16(13-15)23-24-25(17)12-4-7-14-5-2-1-3-6-14/h1-3,5-6,8-11,13H,4,7,12H2,(H,22,26). The van der Waals surface area contributed by atoms with Crippen molar-refractivity contribution in [3.05, 3.63) is 76.7 Å². The van der Waals surface area contributed by atoms with Gasteiger partial charge in [0.05, 0.1) is 5.52 Å². The summed E-state index contributed by atoms with van der Waals surface area (Å²) in [6.45, 7) is 0.789. The Morgan fingerprint density at radius 1 is 1.11 bits per heavy atom. The second-order valence-corrected chi connectivity index (χ2v) is 6.94. The number of aromatic nitrogens is 3. The zero-order valence-electron chi connectivity index (χ0n) is 14.4. The fourth-order valence-corrected chi connectivity index (χ4v) is 3.23. The predicted octanol–water partition coefficient (Wildman–Crippen LogP) is 4.67. The minimum Gasteiger partial charge on any atom is -0.444 e. The van der Waals surface area contributed by atoms with E-state index in [1.807, 2.05) is 28.9 Å². The molecule has 0 fully saturated rings. The minimum absolute atomic E-state index is 0.242. The van der Waals surface area contributed by atoms with E-state index in [1.165, 1.54) is 5.56 Å². The van der Waals surface area contributed by atoms with Gasteiger partial charge in [-0.05, 0) is 64.7 Å². The average Bonchev–Trinajstić information content (AvgIpc) is 3.29. The van der Waals surface area contributed by atoms with Crippen molar-refractivity contribution in [2.24, 2.45) is 0 Å². The van der Waals surface area contributed by atoms with Crippen molar-refractivity contribution in [2.75, 3.05) is 5.32 Å². The number of amides is 1. The van der Waals surface area contributed by atoms with Gasteiger partial charge in [0.15, 0.2) is 10.4 Å². The van der Waals surface area contributed by atoms with Gasteiger partial charge in [0.25, 0.3) is 5.91 Å². The highest BCUT2D eigenvalue weighted by Gasteiger charge is 2.12. The van der Waals surface area contributed by atoms with Gasteiger partial charge in [-0.15, -0.1) is 5.10 Å². The van der Waals surface area contributed by atoms with E-state index < -0.39 is 0 Å². The number of nitrogens with zero attached hydrogens (tertiary/aromatic N) is 3. The van der Waals surface area contributed by atoms with E-state index in [0.29, 0.717) is 10.4 Å². The Morgan fingerprint density at radius 3 is 2.74 bits per heavy atom. The predicted molar refractivity (Wildman–Crippen MR) is 107 cm³/mol. The Bertz CT molecular complexity index is 1070. The molecule has 0 bridgehead atoms. The molecule has 6 nitrogen and oxygen atoms in total. The van der Waals surface area contributed by atoms with Crippen molar-refractivity contribution in [3.8, 4) is 0 Å². The summed E-state index contributed by atoms with van der Waals surface area (Å²) < 4.78 is 7.67. The van der Waals surface area contributed by atoms with E-state index in [2.05, 4.69) is 55.8 Å². The lowest BCUT2D eigenvalue weighted by molar-refractivity contribution is 0.0995. The maximum atomic E-state index is 12.2. The Morgan fingerprint density at radius 2 is 1.96 bits per heavy atom. The number of carbonyl (C=O) groups is 1. The highest BCUT2D eigenvalue weighted by Crippen LogP contribution is 2.20. The summed E-state index contributed by atoms with van der Waals surface area (Å²) in [7, 11) is 0. The van der Waals surface area contributed by atoms with Gasteiger partial charge in [-0.3, -0.25) is 4.79 Å². The van der Waals surface area contributed by atoms with Crippen LogP contribution in [-0.2, 0) is 13.0 Å². The maximum Gasteiger partial charge on any atom is 0.291 e. The van der Waals surface area contributed by atoms with Crippen molar-refractivity contribution in [2.45, 2.75) is 19.4 Å². The fraction of sp³-hybridized carbons (Fsp3) is 0.150. The molecule has 0 aliphatic carbocycles. The number of fused-ring (bicyclic) bond motifs is 1. The van der Waals surface area contributed by atoms with Gasteiger partial charge in [-0.1, -0.05) is 35.5 Å². The van der Waals surface area contributed by atoms with E-state index in [0.717, 1.165) is 30.4 Å². The van der Waals surface area contributed by atoms with Crippen LogP contribution in [0, 0.1) is 0 Å². The molecular weight excluding hydrogens is 408 g/mol. The van der Waals surface area contributed by atoms with Crippen molar-refractivity contribution < 1.29 is 9.21 Å². The quantitative estimate of drug-likeness (QED) is 0.487. The van der Waals surface area contributed by atoms with Gasteiger partial charge in [-0.25, -0.2) is 4.68 Å². The third kappa shape index (κ3) is 4.09. The van der Waals surface area contributed by atoms with Gasteiger partial charge in [0.1, 0.15) is 5.52 Å². The number of rotatable bonds is 6. The number of carbonyl (C=O) groups excluding carboxylic acids is 1. The summed E-state index contributed by atoms with van der Waals surface area (Å²) in [6.07, 6.45) is 1.98. The monoisotopic (exact) mass is 424 g/mol. The van der Waals surface area contributed by atoms with Crippen LogP contribution in [0.4, 0.5) is 5.69 Å². The van der Waals surface area contributed by atoms with Gasteiger partial charge in [-0.2, -0.15) is 0 Å². The van der Waals surface area contributed by atoms with Crippen LogP contribution in [0.15, 0.2) is 69.8 Å². The smallest absolute Gasteiger partial charge is 0.291 e. The second-order valence-electron chi connectivity index (χ2n) is 6.16. The first-order valence-electron chi connectivity index (χ1n) is 8.63. The number of aryl methyl sites for hydroxylation is 2. The molecular formula is C20H17BrN4O2. The number of furan rings is 1. The van der Waals surface area contributed by atoms with Gasteiger partial charge < -0.3 is 9.73 Å². The number of nitrogens with one attached hydrogen (secondary N) is 1. The Labute approximate surface area is 164 Å². The molecule has 2 heterocycles. The van der Waals surface area contributed by atoms with Crippen LogP contribution >= 0.6 is 15.9 Å². The van der Waals surface area contributed by atoms with Gasteiger partial charge in [0.2, 0.25) is 0 Å². The number of halogens is 1. The molecule has 0 saturated carbocycles. The van der Waals surface area contributed by atoms with Crippen LogP contribution in [0.3, 0.4) is 0 Å². The maximum absolute atomic E-state index is 12.2. The Balaban J connectivity index is 1.42. The van der Waals surface area contributed by atoms with Gasteiger partial charge >= 0.3 is 0 Å². The lowest BCUT2D eigenvalue weighted by Crippen LogP contribution is -2.10. The molecule has 136 valence electrons. The van der Waals surface area contributed by atoms with E-state index in [4.69, 9.17) is 4.42 Å². The average molecular weight is 425 g/mol. The van der Waals surface area contributed by atoms with Crippen LogP contribution in [0.2, 0.25) is 0 Å². The molecule has 1 N–H and O–H groups in total. The first kappa shape index (κ1) is 17.5. The molecule has 4 aromatic rings. The highest BCUT2D eigenvalue weighted by atomic mass is 79.9. The SMILES string of the molecule is O=C(Nc1ccc2c(c1)nnn2CCCc1ccccc1)c1ccc(Br)o1. The zero-order valence-corrected chi connectivity index (χ0v) is 16.0. The van der Waals surface area contributed by atoms with Gasteiger partial charge in [0, 0.05) is 12.2 Å². The fourth-order valence-electron chi connectivity index (χ4n) is 2.92. The normalized spacial score (nSPS) is 11.0. The molecule has 0 aliphatic rings. The van der Waals surface area contributed by atoms with Crippen molar-refractivity contribution in [1.82, 2.24) is 15.0 Å². The van der Waals surface area contributed by atoms with Crippen molar-refractivity contribution >= 4 is 38.6 Å². The van der Waals surface area contributed by atoms with E-state index in [1.54, 1.807) is 12.1 Å². The lowest BCUT2D eigenvalue weighted by atomic mass is 10.1. The molecule has 0 aliphatic heterocycles. The molecule has 7 heteroatoms. The number of hydrogen-bond donors (Lipinski definition) is 1. The second kappa shape index (κ2) is 7.75. The van der Waals surface area contributed by atoms with Crippen LogP contribution in [0.1, 0.15) is 22.5 Å². The summed E-state index contributed by atoms with van der Waals surface area (Å²) >= 11 is 3.19. The number of benzene rings is 2. The largest absolute Gasteiger partial charge is 0.444 e. The Kier molecular flexibility index (Phi) is 5.02. The Hall–Kier alpha value is -2.93. The minimum atomic E-state index is -0.310. The van der Waals surface area contributed by atoms with Crippen LogP contribution in [0.5, 0.6) is 0 Å². The topological polar surface area (TPSA) is 73.0 Å². The van der Waals surface area contributed by atoms with E-state index in [9.17, 15) is 4.79 Å². The van der Waals surface area contributed by atoms with Crippen molar-refractivity contribution in [1.29, 1.82) is 0 Å². The summed E-state index contributed by atoms with van der Waals surface area (Å²) in [5.41, 5.74) is 3.66. The van der Waals surface area contributed by atoms with Crippen LogP contribution < -0.4 is 5.32 Å². The van der Waals surface area contributed by atoms with E-state index in [-0.39, 0.29) is 11.7 Å². The molecule has 2 aromatic carbocycles. The zero-order chi connectivity index (χ0) is 18.6. The van der Waals surface area contributed by atoms with E-state index >= 15 is 0 Å². The number of hydrogen-bond acceptors (Lipinski definition) is 4. The summed E-state index contributed by atoms with van der Waals surface area (Å²) in [6, 6.07) is 19.3.